The molecule has 0 heterocycles. The first kappa shape index (κ1) is 15.6. The van der Waals surface area contributed by atoms with Crippen molar-refractivity contribution in [2.75, 3.05) is 14.2 Å². The van der Waals surface area contributed by atoms with Gasteiger partial charge in [0.05, 0.1) is 14.2 Å². The Kier molecular flexibility index (Phi) is 5.03. The number of halogens is 1. The van der Waals surface area contributed by atoms with Crippen LogP contribution in [0.3, 0.4) is 0 Å². The van der Waals surface area contributed by atoms with Gasteiger partial charge in [0.2, 0.25) is 5.75 Å². The van der Waals surface area contributed by atoms with Gasteiger partial charge in [-0.05, 0) is 46.3 Å². The molecule has 0 saturated heterocycles. The Labute approximate surface area is 136 Å². The molecular formula is C15H14BrNO3S. The van der Waals surface area contributed by atoms with Crippen molar-refractivity contribution in [3.63, 3.8) is 0 Å². The van der Waals surface area contributed by atoms with Crippen LogP contribution in [0.15, 0.2) is 40.9 Å². The molecule has 0 bridgehead atoms. The van der Waals surface area contributed by atoms with E-state index in [0.29, 0.717) is 28.0 Å². The number of hydrogen-bond acceptors (Lipinski definition) is 4. The summed E-state index contributed by atoms with van der Waals surface area (Å²) in [6.45, 7) is 0. The lowest BCUT2D eigenvalue weighted by Gasteiger charge is -2.14. The Morgan fingerprint density at radius 2 is 1.71 bits per heavy atom. The van der Waals surface area contributed by atoms with Crippen LogP contribution in [0.25, 0.3) is 0 Å². The standard InChI is InChI=1S/C15H14BrNO3S/c1-18-12-4-3-5-13(19-2)14(12)20-9-6-7-10(15(17)21)11(16)8-9/h3-8H,1-2H3,(H2,17,21). The molecule has 21 heavy (non-hydrogen) atoms. The number of rotatable bonds is 5. The van der Waals surface area contributed by atoms with E-state index in [0.717, 1.165) is 10.0 Å². The molecule has 0 radical (unpaired) electrons. The highest BCUT2D eigenvalue weighted by Crippen LogP contribution is 2.40. The van der Waals surface area contributed by atoms with Crippen molar-refractivity contribution in [1.82, 2.24) is 0 Å². The molecule has 110 valence electrons. The van der Waals surface area contributed by atoms with E-state index in [-0.39, 0.29) is 0 Å². The number of nitrogens with two attached hydrogens (primary N) is 1. The molecular weight excluding hydrogens is 354 g/mol. The largest absolute Gasteiger partial charge is 0.493 e. The Morgan fingerprint density at radius 1 is 1.10 bits per heavy atom. The van der Waals surface area contributed by atoms with Crippen molar-refractivity contribution in [2.45, 2.75) is 0 Å². The number of methoxy groups -OCH3 is 2. The van der Waals surface area contributed by atoms with Gasteiger partial charge in [-0.1, -0.05) is 18.3 Å². The summed E-state index contributed by atoms with van der Waals surface area (Å²) in [5, 5.41) is 0. The number of para-hydroxylation sites is 1. The van der Waals surface area contributed by atoms with Gasteiger partial charge in [0.25, 0.3) is 0 Å². The average molecular weight is 368 g/mol. The lowest BCUT2D eigenvalue weighted by atomic mass is 10.2. The first-order valence-electron chi connectivity index (χ1n) is 6.05. The highest BCUT2D eigenvalue weighted by molar-refractivity contribution is 9.10. The van der Waals surface area contributed by atoms with Crippen molar-refractivity contribution < 1.29 is 14.2 Å². The second kappa shape index (κ2) is 6.78. The van der Waals surface area contributed by atoms with E-state index < -0.39 is 0 Å². The van der Waals surface area contributed by atoms with Crippen LogP contribution < -0.4 is 19.9 Å². The van der Waals surface area contributed by atoms with E-state index in [1.165, 1.54) is 0 Å². The van der Waals surface area contributed by atoms with Gasteiger partial charge in [0.1, 0.15) is 10.7 Å². The van der Waals surface area contributed by atoms with Crippen LogP contribution in [0.2, 0.25) is 0 Å². The maximum atomic E-state index is 5.87. The van der Waals surface area contributed by atoms with E-state index in [1.54, 1.807) is 44.6 Å². The highest BCUT2D eigenvalue weighted by Gasteiger charge is 2.13. The zero-order valence-corrected chi connectivity index (χ0v) is 14.0. The smallest absolute Gasteiger partial charge is 0.210 e. The van der Waals surface area contributed by atoms with Gasteiger partial charge < -0.3 is 19.9 Å². The summed E-state index contributed by atoms with van der Waals surface area (Å²) in [6.07, 6.45) is 0. The molecule has 0 fully saturated rings. The molecule has 0 atom stereocenters. The zero-order chi connectivity index (χ0) is 15.4. The molecule has 0 unspecified atom stereocenters. The van der Waals surface area contributed by atoms with Crippen molar-refractivity contribution in [3.05, 3.63) is 46.4 Å². The van der Waals surface area contributed by atoms with Gasteiger partial charge in [-0.2, -0.15) is 0 Å². The van der Waals surface area contributed by atoms with Crippen LogP contribution in [0.5, 0.6) is 23.0 Å². The molecule has 2 aromatic carbocycles. The summed E-state index contributed by atoms with van der Waals surface area (Å²) in [5.41, 5.74) is 6.38. The Hall–Kier alpha value is -1.79. The Bertz CT molecular complexity index is 654. The molecule has 0 amide bonds. The molecule has 2 aromatic rings. The van der Waals surface area contributed by atoms with Crippen molar-refractivity contribution in [3.8, 4) is 23.0 Å². The average Bonchev–Trinajstić information content (AvgIpc) is 2.47. The number of hydrogen-bond donors (Lipinski definition) is 1. The summed E-state index contributed by atoms with van der Waals surface area (Å²) in [4.78, 5) is 0.322. The fraction of sp³-hybridized carbons (Fsp3) is 0.133. The minimum atomic E-state index is 0.322. The second-order valence-corrected chi connectivity index (χ2v) is 5.39. The lowest BCUT2D eigenvalue weighted by molar-refractivity contribution is 0.346. The molecule has 0 aliphatic rings. The minimum Gasteiger partial charge on any atom is -0.493 e. The third-order valence-corrected chi connectivity index (χ3v) is 3.68. The Balaban J connectivity index is 2.38. The van der Waals surface area contributed by atoms with Gasteiger partial charge >= 0.3 is 0 Å². The number of ether oxygens (including phenoxy) is 3. The quantitative estimate of drug-likeness (QED) is 0.812. The molecule has 0 aromatic heterocycles. The summed E-state index contributed by atoms with van der Waals surface area (Å²) in [6, 6.07) is 10.8. The van der Waals surface area contributed by atoms with Crippen LogP contribution in [-0.2, 0) is 0 Å². The molecule has 2 rings (SSSR count). The maximum absolute atomic E-state index is 5.87. The summed E-state index contributed by atoms with van der Waals surface area (Å²) in [5.74, 6) is 2.30. The van der Waals surface area contributed by atoms with Crippen molar-refractivity contribution in [1.29, 1.82) is 0 Å². The molecule has 0 aliphatic carbocycles. The number of benzene rings is 2. The van der Waals surface area contributed by atoms with E-state index in [9.17, 15) is 0 Å². The zero-order valence-electron chi connectivity index (χ0n) is 11.6. The molecule has 0 aliphatic heterocycles. The SMILES string of the molecule is COc1cccc(OC)c1Oc1ccc(C(N)=S)c(Br)c1. The fourth-order valence-corrected chi connectivity index (χ4v) is 2.68. The fourth-order valence-electron chi connectivity index (χ4n) is 1.79. The predicted molar refractivity (Wildman–Crippen MR) is 89.6 cm³/mol. The second-order valence-electron chi connectivity index (χ2n) is 4.10. The van der Waals surface area contributed by atoms with E-state index >= 15 is 0 Å². The normalized spacial score (nSPS) is 10.0. The van der Waals surface area contributed by atoms with Crippen LogP contribution >= 0.6 is 28.1 Å². The van der Waals surface area contributed by atoms with Crippen molar-refractivity contribution >= 4 is 33.1 Å². The number of thiocarbonyl (C=S) groups is 1. The van der Waals surface area contributed by atoms with Crippen LogP contribution in [0.4, 0.5) is 0 Å². The molecule has 6 heteroatoms. The third-order valence-electron chi connectivity index (χ3n) is 2.81. The summed E-state index contributed by atoms with van der Waals surface area (Å²) >= 11 is 8.39. The topological polar surface area (TPSA) is 53.7 Å². The maximum Gasteiger partial charge on any atom is 0.210 e. The van der Waals surface area contributed by atoms with E-state index in [1.807, 2.05) is 6.07 Å². The van der Waals surface area contributed by atoms with E-state index in [2.05, 4.69) is 15.9 Å². The molecule has 4 nitrogen and oxygen atoms in total. The monoisotopic (exact) mass is 367 g/mol. The Morgan fingerprint density at radius 3 is 2.19 bits per heavy atom. The highest BCUT2D eigenvalue weighted by atomic mass is 79.9. The minimum absolute atomic E-state index is 0.322. The molecule has 0 spiro atoms. The van der Waals surface area contributed by atoms with Gasteiger partial charge in [-0.25, -0.2) is 0 Å². The van der Waals surface area contributed by atoms with Gasteiger partial charge in [-0.15, -0.1) is 0 Å². The molecule has 2 N–H and O–H groups in total. The summed E-state index contributed by atoms with van der Waals surface area (Å²) in [7, 11) is 3.15. The van der Waals surface area contributed by atoms with Crippen molar-refractivity contribution in [2.24, 2.45) is 5.73 Å². The summed E-state index contributed by atoms with van der Waals surface area (Å²) < 4.78 is 17.2. The van der Waals surface area contributed by atoms with Gasteiger partial charge in [0, 0.05) is 10.0 Å². The van der Waals surface area contributed by atoms with Gasteiger partial charge in [-0.3, -0.25) is 0 Å². The van der Waals surface area contributed by atoms with Crippen LogP contribution in [0.1, 0.15) is 5.56 Å². The van der Waals surface area contributed by atoms with Crippen LogP contribution in [0, 0.1) is 0 Å². The first-order chi connectivity index (χ1) is 10.1. The predicted octanol–water partition coefficient (Wildman–Crippen LogP) is 3.89. The van der Waals surface area contributed by atoms with Gasteiger partial charge in [0.15, 0.2) is 11.5 Å². The molecule has 0 saturated carbocycles. The van der Waals surface area contributed by atoms with E-state index in [4.69, 9.17) is 32.2 Å². The lowest BCUT2D eigenvalue weighted by Crippen LogP contribution is -2.09. The third kappa shape index (κ3) is 3.46. The first-order valence-corrected chi connectivity index (χ1v) is 7.25. The van der Waals surface area contributed by atoms with Crippen LogP contribution in [-0.4, -0.2) is 19.2 Å².